The van der Waals surface area contributed by atoms with E-state index in [4.69, 9.17) is 10.8 Å². The highest BCUT2D eigenvalue weighted by molar-refractivity contribution is 6.02. The molecule has 0 radical (unpaired) electrons. The van der Waals surface area contributed by atoms with Gasteiger partial charge in [0, 0.05) is 17.2 Å². The minimum atomic E-state index is 0.0107. The minimum absolute atomic E-state index is 0.0107. The van der Waals surface area contributed by atoms with Gasteiger partial charge in [-0.1, -0.05) is 18.2 Å². The number of rotatable bonds is 2. The van der Waals surface area contributed by atoms with Crippen LogP contribution < -0.4 is 5.84 Å². The van der Waals surface area contributed by atoms with E-state index < -0.39 is 0 Å². The van der Waals surface area contributed by atoms with Crippen LogP contribution in [0.5, 0.6) is 0 Å². The maximum atomic E-state index is 6.65. The zero-order valence-electron chi connectivity index (χ0n) is 12.1. The molecule has 0 spiro atoms. The Labute approximate surface area is 131 Å². The van der Waals surface area contributed by atoms with E-state index in [1.807, 2.05) is 42.6 Å². The number of aromatic amines is 1. The van der Waals surface area contributed by atoms with E-state index in [1.54, 1.807) is 18.6 Å². The Morgan fingerprint density at radius 3 is 2.96 bits per heavy atom. The van der Waals surface area contributed by atoms with Gasteiger partial charge in [-0.15, -0.1) is 4.59 Å². The molecule has 2 aliphatic heterocycles. The fourth-order valence-electron chi connectivity index (χ4n) is 3.00. The van der Waals surface area contributed by atoms with E-state index in [1.165, 1.54) is 0 Å². The maximum absolute atomic E-state index is 6.65. The summed E-state index contributed by atoms with van der Waals surface area (Å²) in [5.41, 5.74) is 4.48. The molecule has 6 heteroatoms. The first kappa shape index (κ1) is 12.5. The van der Waals surface area contributed by atoms with Crippen LogP contribution in [0.15, 0.2) is 82.0 Å². The van der Waals surface area contributed by atoms with Gasteiger partial charge in [0.1, 0.15) is 23.2 Å². The number of nitrogens with two attached hydrogens (primary N) is 1. The van der Waals surface area contributed by atoms with Gasteiger partial charge in [-0.05, 0) is 18.2 Å². The first-order chi connectivity index (χ1) is 11.3. The second-order valence-electron chi connectivity index (χ2n) is 5.63. The first-order valence-electron chi connectivity index (χ1n) is 7.31. The van der Waals surface area contributed by atoms with Crippen molar-refractivity contribution in [1.82, 2.24) is 9.97 Å². The SMILES string of the molecule is N[N+]12C=CN=CC1=C(C1=CC=C1)N=C2c1cc2cccnc2[nH]1. The monoisotopic (exact) mass is 301 g/mol. The first-order valence-corrected chi connectivity index (χ1v) is 7.31. The van der Waals surface area contributed by atoms with Gasteiger partial charge in [0.25, 0.3) is 5.84 Å². The van der Waals surface area contributed by atoms with Crippen LogP contribution in [0.4, 0.5) is 0 Å². The molecule has 0 fully saturated rings. The van der Waals surface area contributed by atoms with Crippen LogP contribution in [-0.4, -0.2) is 26.6 Å². The molecule has 1 atom stereocenters. The van der Waals surface area contributed by atoms with Crippen molar-refractivity contribution in [1.29, 1.82) is 0 Å². The van der Waals surface area contributed by atoms with Gasteiger partial charge in [0.15, 0.2) is 0 Å². The van der Waals surface area contributed by atoms with Gasteiger partial charge in [-0.25, -0.2) is 4.98 Å². The normalized spacial score (nSPS) is 24.7. The molecule has 23 heavy (non-hydrogen) atoms. The second kappa shape index (κ2) is 4.22. The largest absolute Gasteiger partial charge is 0.333 e. The number of quaternary nitrogens is 1. The lowest BCUT2D eigenvalue weighted by atomic mass is 10.0. The third kappa shape index (κ3) is 1.61. The van der Waals surface area contributed by atoms with E-state index in [0.29, 0.717) is 0 Å². The number of allylic oxidation sites excluding steroid dienone is 4. The van der Waals surface area contributed by atoms with E-state index in [0.717, 1.165) is 39.5 Å². The van der Waals surface area contributed by atoms with Gasteiger partial charge in [-0.2, -0.15) is 10.8 Å². The summed E-state index contributed by atoms with van der Waals surface area (Å²) in [4.78, 5) is 16.7. The van der Waals surface area contributed by atoms with Gasteiger partial charge in [0.2, 0.25) is 5.70 Å². The zero-order chi connectivity index (χ0) is 15.4. The van der Waals surface area contributed by atoms with Crippen LogP contribution in [0.1, 0.15) is 5.69 Å². The third-order valence-corrected chi connectivity index (χ3v) is 4.25. The zero-order valence-corrected chi connectivity index (χ0v) is 12.1. The van der Waals surface area contributed by atoms with E-state index >= 15 is 0 Å². The highest BCUT2D eigenvalue weighted by Gasteiger charge is 2.45. The van der Waals surface area contributed by atoms with Crippen LogP contribution in [0.3, 0.4) is 0 Å². The Bertz CT molecular complexity index is 997. The molecule has 110 valence electrons. The van der Waals surface area contributed by atoms with Crippen LogP contribution in [0.2, 0.25) is 0 Å². The highest BCUT2D eigenvalue weighted by atomic mass is 15.6. The smallest absolute Gasteiger partial charge is 0.281 e. The minimum Gasteiger partial charge on any atom is -0.333 e. The van der Waals surface area contributed by atoms with Crippen molar-refractivity contribution in [3.05, 3.63) is 77.7 Å². The average molecular weight is 301 g/mol. The fourth-order valence-corrected chi connectivity index (χ4v) is 3.00. The standard InChI is InChI=1S/C17H13N6/c18-23-8-7-19-10-14(23)15(11-3-1-4-11)22-17(23)13-9-12-5-2-6-20-16(12)21-13/h1-10H,18H2,(H,20,21)/q+1. The highest BCUT2D eigenvalue weighted by Crippen LogP contribution is 2.36. The van der Waals surface area contributed by atoms with Gasteiger partial charge >= 0.3 is 0 Å². The quantitative estimate of drug-likeness (QED) is 0.659. The molecule has 2 aromatic rings. The summed E-state index contributed by atoms with van der Waals surface area (Å²) in [6.07, 6.45) is 13.1. The topological polar surface area (TPSA) is 79.4 Å². The average Bonchev–Trinajstić information content (AvgIpc) is 3.04. The maximum Gasteiger partial charge on any atom is 0.281 e. The fraction of sp³-hybridized carbons (Fsp3) is 0. The lowest BCUT2D eigenvalue weighted by Gasteiger charge is -2.25. The Morgan fingerprint density at radius 2 is 2.17 bits per heavy atom. The van der Waals surface area contributed by atoms with E-state index in [2.05, 4.69) is 15.0 Å². The number of H-pyrrole nitrogens is 1. The molecule has 0 amide bonds. The van der Waals surface area contributed by atoms with Gasteiger partial charge in [-0.3, -0.25) is 4.99 Å². The summed E-state index contributed by atoms with van der Waals surface area (Å²) >= 11 is 0. The molecule has 0 saturated heterocycles. The number of aromatic nitrogens is 2. The Balaban J connectivity index is 1.71. The van der Waals surface area contributed by atoms with Crippen molar-refractivity contribution in [3.63, 3.8) is 0 Å². The number of pyridine rings is 1. The molecule has 2 aromatic heterocycles. The van der Waals surface area contributed by atoms with Crippen molar-refractivity contribution in [2.24, 2.45) is 15.8 Å². The molecule has 6 nitrogen and oxygen atoms in total. The summed E-state index contributed by atoms with van der Waals surface area (Å²) < 4.78 is 0.0107. The summed E-state index contributed by atoms with van der Waals surface area (Å²) in [6.45, 7) is 0. The van der Waals surface area contributed by atoms with Crippen LogP contribution in [-0.2, 0) is 0 Å². The van der Waals surface area contributed by atoms with Gasteiger partial charge < -0.3 is 4.98 Å². The molecule has 0 aromatic carbocycles. The molecule has 5 rings (SSSR count). The summed E-state index contributed by atoms with van der Waals surface area (Å²) in [5.74, 6) is 7.38. The Hall–Kier alpha value is -3.09. The van der Waals surface area contributed by atoms with E-state index in [9.17, 15) is 0 Å². The van der Waals surface area contributed by atoms with Crippen molar-refractivity contribution < 1.29 is 4.59 Å². The van der Waals surface area contributed by atoms with E-state index in [-0.39, 0.29) is 4.59 Å². The Morgan fingerprint density at radius 1 is 1.26 bits per heavy atom. The molecule has 0 saturated carbocycles. The summed E-state index contributed by atoms with van der Waals surface area (Å²) in [5, 5.41) is 1.03. The molecule has 1 unspecified atom stereocenters. The number of nitrogens with zero attached hydrogens (tertiary/aromatic N) is 4. The summed E-state index contributed by atoms with van der Waals surface area (Å²) in [7, 11) is 0. The molecule has 1 aliphatic carbocycles. The second-order valence-corrected chi connectivity index (χ2v) is 5.63. The number of hydrogen-bond acceptors (Lipinski definition) is 4. The van der Waals surface area contributed by atoms with Gasteiger partial charge in [0.05, 0.1) is 12.4 Å². The van der Waals surface area contributed by atoms with Crippen molar-refractivity contribution in [2.75, 3.05) is 0 Å². The number of hydrogen-bond donors (Lipinski definition) is 2. The summed E-state index contributed by atoms with van der Waals surface area (Å²) in [6, 6.07) is 5.95. The van der Waals surface area contributed by atoms with Crippen molar-refractivity contribution in [3.8, 4) is 0 Å². The molecule has 3 aliphatic rings. The molecule has 0 bridgehead atoms. The lowest BCUT2D eigenvalue weighted by molar-refractivity contribution is -0.750. The lowest BCUT2D eigenvalue weighted by Crippen LogP contribution is -2.53. The number of aliphatic imine (C=N–C) groups is 2. The predicted molar refractivity (Wildman–Crippen MR) is 89.0 cm³/mol. The predicted octanol–water partition coefficient (Wildman–Crippen LogP) is 2.28. The van der Waals surface area contributed by atoms with Crippen molar-refractivity contribution in [2.45, 2.75) is 0 Å². The van der Waals surface area contributed by atoms with Crippen LogP contribution >= 0.6 is 0 Å². The van der Waals surface area contributed by atoms with Crippen LogP contribution in [0.25, 0.3) is 11.0 Å². The molecular formula is C17H13N6+. The molecule has 4 heterocycles. The third-order valence-electron chi connectivity index (χ3n) is 4.25. The van der Waals surface area contributed by atoms with Crippen molar-refractivity contribution >= 4 is 23.1 Å². The van der Waals surface area contributed by atoms with Crippen LogP contribution in [0, 0.1) is 0 Å². The number of fused-ring (bicyclic) bond motifs is 2. The molecule has 3 N–H and O–H groups in total. The Kier molecular flexibility index (Phi) is 2.29. The number of amidine groups is 1. The molecular weight excluding hydrogens is 288 g/mol. The number of nitrogens with one attached hydrogen (secondary N) is 1.